The molecular weight excluding hydrogens is 236 g/mol. The predicted octanol–water partition coefficient (Wildman–Crippen LogP) is 1.64. The maximum atomic E-state index is 12.0. The third kappa shape index (κ3) is 2.65. The van der Waals surface area contributed by atoms with Crippen molar-refractivity contribution in [1.29, 1.82) is 5.26 Å². The van der Waals surface area contributed by atoms with Crippen LogP contribution in [-0.2, 0) is 10.0 Å². The van der Waals surface area contributed by atoms with E-state index in [9.17, 15) is 8.42 Å². The predicted molar refractivity (Wildman–Crippen MR) is 63.7 cm³/mol. The molecule has 0 amide bonds. The molecule has 0 atom stereocenters. The SMILES string of the molecule is CC1(CNS(=O)(=O)c2ccccc2C#N)CC1. The minimum absolute atomic E-state index is 0.0618. The summed E-state index contributed by atoms with van der Waals surface area (Å²) in [5.41, 5.74) is 0.287. The molecule has 0 aromatic heterocycles. The summed E-state index contributed by atoms with van der Waals surface area (Å²) in [5, 5.41) is 8.88. The molecule has 1 N–H and O–H groups in total. The van der Waals surface area contributed by atoms with Gasteiger partial charge in [-0.2, -0.15) is 5.26 Å². The van der Waals surface area contributed by atoms with Gasteiger partial charge < -0.3 is 0 Å². The molecule has 1 aromatic rings. The van der Waals surface area contributed by atoms with Crippen LogP contribution in [0.5, 0.6) is 0 Å². The van der Waals surface area contributed by atoms with Gasteiger partial charge >= 0.3 is 0 Å². The standard InChI is InChI=1S/C12H14N2O2S/c1-12(6-7-12)9-14-17(15,16)11-5-3-2-4-10(11)8-13/h2-5,14H,6-7,9H2,1H3. The number of nitrogens with zero attached hydrogens (tertiary/aromatic N) is 1. The first kappa shape index (κ1) is 12.1. The molecular formula is C12H14N2O2S. The van der Waals surface area contributed by atoms with E-state index >= 15 is 0 Å². The summed E-state index contributed by atoms with van der Waals surface area (Å²) in [6, 6.07) is 8.13. The highest BCUT2D eigenvalue weighted by molar-refractivity contribution is 7.89. The second-order valence-corrected chi connectivity index (χ2v) is 6.48. The van der Waals surface area contributed by atoms with E-state index in [1.54, 1.807) is 12.1 Å². The van der Waals surface area contributed by atoms with Crippen LogP contribution in [0.1, 0.15) is 25.3 Å². The minimum Gasteiger partial charge on any atom is -0.211 e. The quantitative estimate of drug-likeness (QED) is 0.883. The fraction of sp³-hybridized carbons (Fsp3) is 0.417. The van der Waals surface area contributed by atoms with Crippen molar-refractivity contribution in [3.63, 3.8) is 0 Å². The highest BCUT2D eigenvalue weighted by atomic mass is 32.2. The van der Waals surface area contributed by atoms with Crippen molar-refractivity contribution >= 4 is 10.0 Å². The first-order valence-electron chi connectivity index (χ1n) is 5.46. The first-order chi connectivity index (χ1) is 7.97. The van der Waals surface area contributed by atoms with Crippen molar-refractivity contribution in [3.8, 4) is 6.07 Å². The lowest BCUT2D eigenvalue weighted by Gasteiger charge is -2.11. The molecule has 0 bridgehead atoms. The Balaban J connectivity index is 2.22. The number of hydrogen-bond acceptors (Lipinski definition) is 3. The molecule has 5 heteroatoms. The summed E-state index contributed by atoms with van der Waals surface area (Å²) < 4.78 is 26.6. The number of nitriles is 1. The molecule has 1 saturated carbocycles. The van der Waals surface area contributed by atoms with Gasteiger partial charge in [-0.3, -0.25) is 0 Å². The minimum atomic E-state index is -3.57. The van der Waals surface area contributed by atoms with Gasteiger partial charge in [0, 0.05) is 6.54 Å². The van der Waals surface area contributed by atoms with Gasteiger partial charge in [0.2, 0.25) is 10.0 Å². The molecule has 90 valence electrons. The Bertz CT molecular complexity index is 568. The van der Waals surface area contributed by atoms with Gasteiger partial charge in [-0.1, -0.05) is 19.1 Å². The Morgan fingerprint density at radius 1 is 1.41 bits per heavy atom. The van der Waals surface area contributed by atoms with E-state index in [1.807, 2.05) is 13.0 Å². The van der Waals surface area contributed by atoms with Gasteiger partial charge in [0.15, 0.2) is 0 Å². The van der Waals surface area contributed by atoms with E-state index in [4.69, 9.17) is 5.26 Å². The van der Waals surface area contributed by atoms with Crippen LogP contribution in [0, 0.1) is 16.7 Å². The molecule has 0 unspecified atom stereocenters. The number of rotatable bonds is 4. The molecule has 0 aliphatic heterocycles. The van der Waals surface area contributed by atoms with Crippen LogP contribution < -0.4 is 4.72 Å². The van der Waals surface area contributed by atoms with Gasteiger partial charge in [-0.05, 0) is 30.4 Å². The van der Waals surface area contributed by atoms with E-state index in [2.05, 4.69) is 4.72 Å². The molecule has 4 nitrogen and oxygen atoms in total. The second kappa shape index (κ2) is 4.13. The normalized spacial score (nSPS) is 17.4. The molecule has 17 heavy (non-hydrogen) atoms. The summed E-state index contributed by atoms with van der Waals surface area (Å²) in [7, 11) is -3.57. The smallest absolute Gasteiger partial charge is 0.211 e. The van der Waals surface area contributed by atoms with Gasteiger partial charge in [0.1, 0.15) is 6.07 Å². The Morgan fingerprint density at radius 3 is 2.65 bits per heavy atom. The van der Waals surface area contributed by atoms with Crippen molar-refractivity contribution < 1.29 is 8.42 Å². The molecule has 2 rings (SSSR count). The van der Waals surface area contributed by atoms with Crippen LogP contribution in [0.25, 0.3) is 0 Å². The van der Waals surface area contributed by atoms with Crippen molar-refractivity contribution in [2.75, 3.05) is 6.54 Å². The molecule has 0 heterocycles. The molecule has 0 spiro atoms. The summed E-state index contributed by atoms with van der Waals surface area (Å²) >= 11 is 0. The van der Waals surface area contributed by atoms with Crippen molar-refractivity contribution in [1.82, 2.24) is 4.72 Å². The van der Waals surface area contributed by atoms with Crippen LogP contribution in [0.2, 0.25) is 0 Å². The van der Waals surface area contributed by atoms with Crippen LogP contribution in [0.3, 0.4) is 0 Å². The van der Waals surface area contributed by atoms with Crippen LogP contribution in [0.4, 0.5) is 0 Å². The first-order valence-corrected chi connectivity index (χ1v) is 6.94. The summed E-state index contributed by atoms with van der Waals surface area (Å²) in [6.45, 7) is 2.49. The lowest BCUT2D eigenvalue weighted by Crippen LogP contribution is -2.29. The zero-order valence-electron chi connectivity index (χ0n) is 9.60. The van der Waals surface area contributed by atoms with Crippen LogP contribution in [-0.4, -0.2) is 15.0 Å². The fourth-order valence-electron chi connectivity index (χ4n) is 1.53. The zero-order chi connectivity index (χ0) is 12.5. The Labute approximate surface area is 101 Å². The highest BCUT2D eigenvalue weighted by Gasteiger charge is 2.38. The van der Waals surface area contributed by atoms with Gasteiger partial charge in [-0.25, -0.2) is 13.1 Å². The monoisotopic (exact) mass is 250 g/mol. The second-order valence-electron chi connectivity index (χ2n) is 4.74. The summed E-state index contributed by atoms with van der Waals surface area (Å²) in [5.74, 6) is 0. The van der Waals surface area contributed by atoms with Gasteiger partial charge in [0.25, 0.3) is 0 Å². The molecule has 0 saturated heterocycles. The number of sulfonamides is 1. The Morgan fingerprint density at radius 2 is 2.06 bits per heavy atom. The lowest BCUT2D eigenvalue weighted by atomic mass is 10.2. The van der Waals surface area contributed by atoms with E-state index in [0.29, 0.717) is 6.54 Å². The van der Waals surface area contributed by atoms with Gasteiger partial charge in [0.05, 0.1) is 10.5 Å². The van der Waals surface area contributed by atoms with E-state index in [1.165, 1.54) is 12.1 Å². The third-order valence-corrected chi connectivity index (χ3v) is 4.55. The molecule has 1 aliphatic carbocycles. The average molecular weight is 250 g/mol. The third-order valence-electron chi connectivity index (χ3n) is 3.09. The van der Waals surface area contributed by atoms with Crippen molar-refractivity contribution in [3.05, 3.63) is 29.8 Å². The Hall–Kier alpha value is -1.38. The number of hydrogen-bond donors (Lipinski definition) is 1. The van der Waals surface area contributed by atoms with E-state index in [0.717, 1.165) is 12.8 Å². The highest BCUT2D eigenvalue weighted by Crippen LogP contribution is 2.44. The van der Waals surface area contributed by atoms with Crippen molar-refractivity contribution in [2.24, 2.45) is 5.41 Å². The van der Waals surface area contributed by atoms with E-state index in [-0.39, 0.29) is 15.9 Å². The largest absolute Gasteiger partial charge is 0.241 e. The van der Waals surface area contributed by atoms with Crippen LogP contribution >= 0.6 is 0 Å². The topological polar surface area (TPSA) is 70.0 Å². The maximum Gasteiger partial charge on any atom is 0.241 e. The fourth-order valence-corrected chi connectivity index (χ4v) is 2.89. The summed E-state index contributed by atoms with van der Waals surface area (Å²) in [6.07, 6.45) is 2.10. The molecule has 1 aliphatic rings. The van der Waals surface area contributed by atoms with Crippen LogP contribution in [0.15, 0.2) is 29.2 Å². The van der Waals surface area contributed by atoms with E-state index < -0.39 is 10.0 Å². The zero-order valence-corrected chi connectivity index (χ0v) is 10.4. The lowest BCUT2D eigenvalue weighted by molar-refractivity contribution is 0.530. The average Bonchev–Trinajstić information content (AvgIpc) is 3.06. The maximum absolute atomic E-state index is 12.0. The van der Waals surface area contributed by atoms with Gasteiger partial charge in [-0.15, -0.1) is 0 Å². The number of benzene rings is 1. The Kier molecular flexibility index (Phi) is 2.94. The molecule has 0 radical (unpaired) electrons. The number of nitrogens with one attached hydrogen (secondary N) is 1. The molecule has 1 aromatic carbocycles. The van der Waals surface area contributed by atoms with Crippen molar-refractivity contribution in [2.45, 2.75) is 24.7 Å². The summed E-state index contributed by atoms with van der Waals surface area (Å²) in [4.78, 5) is 0.0618. The molecule has 1 fully saturated rings.